The lowest BCUT2D eigenvalue weighted by atomic mass is 9.74. The summed E-state index contributed by atoms with van der Waals surface area (Å²) in [5.74, 6) is 0.498. The van der Waals surface area contributed by atoms with Crippen molar-refractivity contribution >= 4 is 86.8 Å². The Hall–Kier alpha value is -1.23. The van der Waals surface area contributed by atoms with Crippen molar-refractivity contribution in [3.63, 3.8) is 0 Å². The van der Waals surface area contributed by atoms with Crippen LogP contribution in [0.4, 0.5) is 5.69 Å². The molecule has 4 heterocycles. The minimum Gasteiger partial charge on any atom is -0.493 e. The number of benzene rings is 1. The third-order valence-corrected chi connectivity index (χ3v) is 9.67. The van der Waals surface area contributed by atoms with E-state index in [0.29, 0.717) is 22.6 Å². The minimum absolute atomic E-state index is 0.00886. The molecule has 1 aromatic heterocycles. The third kappa shape index (κ3) is 2.94. The summed E-state index contributed by atoms with van der Waals surface area (Å²) >= 11 is 14.4. The summed E-state index contributed by atoms with van der Waals surface area (Å²) in [6.45, 7) is 4.20. The molecule has 1 saturated heterocycles. The van der Waals surface area contributed by atoms with Gasteiger partial charge in [-0.2, -0.15) is 0 Å². The van der Waals surface area contributed by atoms with Crippen LogP contribution < -0.4 is 0 Å². The molecule has 5 rings (SSSR count). The SMILES string of the molecule is CO/C1=C/N2C(=O)C[C@]23C(=Nc2cc(Br)c(Br)c(Br)c23)/C=C\C(C)(C)c2[nH]c(Br)nc21. The second-order valence-corrected chi connectivity index (χ2v) is 11.4. The summed E-state index contributed by atoms with van der Waals surface area (Å²) < 4.78 is 8.98. The van der Waals surface area contributed by atoms with Crippen LogP contribution in [0.25, 0.3) is 5.76 Å². The lowest BCUT2D eigenvalue weighted by Gasteiger charge is -2.49. The molecule has 1 fully saturated rings. The number of β-lactam (4-membered cyclic amide) rings is 1. The predicted octanol–water partition coefficient (Wildman–Crippen LogP) is 6.47. The number of aliphatic imine (C=N–C) groups is 1. The van der Waals surface area contributed by atoms with Crippen molar-refractivity contribution < 1.29 is 9.53 Å². The van der Waals surface area contributed by atoms with Gasteiger partial charge in [0, 0.05) is 24.4 Å². The van der Waals surface area contributed by atoms with Gasteiger partial charge in [-0.15, -0.1) is 0 Å². The van der Waals surface area contributed by atoms with Crippen LogP contribution in [0.3, 0.4) is 0 Å². The average Bonchev–Trinajstić information content (AvgIpc) is 3.25. The number of rotatable bonds is 1. The predicted molar refractivity (Wildman–Crippen MR) is 133 cm³/mol. The number of carbonyl (C=O) groups is 1. The van der Waals surface area contributed by atoms with Crippen LogP contribution in [0, 0.1) is 0 Å². The normalized spacial score (nSPS) is 25.9. The molecule has 3 aliphatic heterocycles. The number of ether oxygens (including phenoxy) is 1. The van der Waals surface area contributed by atoms with Crippen LogP contribution in [-0.2, 0) is 20.5 Å². The number of fused-ring (bicyclic) bond motifs is 2. The van der Waals surface area contributed by atoms with E-state index in [9.17, 15) is 4.79 Å². The van der Waals surface area contributed by atoms with Crippen LogP contribution in [-0.4, -0.2) is 33.6 Å². The van der Waals surface area contributed by atoms with Crippen molar-refractivity contribution in [2.24, 2.45) is 4.99 Å². The van der Waals surface area contributed by atoms with Crippen LogP contribution in [0.15, 0.2) is 47.6 Å². The van der Waals surface area contributed by atoms with Gasteiger partial charge in [0.1, 0.15) is 11.2 Å². The van der Waals surface area contributed by atoms with Gasteiger partial charge >= 0.3 is 0 Å². The van der Waals surface area contributed by atoms with Crippen molar-refractivity contribution in [3.05, 3.63) is 59.5 Å². The number of nitrogens with zero attached hydrogens (tertiary/aromatic N) is 3. The van der Waals surface area contributed by atoms with Gasteiger partial charge in [-0.05, 0) is 75.9 Å². The summed E-state index contributed by atoms with van der Waals surface area (Å²) in [5, 5.41) is 0. The molecular formula is C21H16Br4N4O2. The number of hydrogen-bond acceptors (Lipinski definition) is 4. The van der Waals surface area contributed by atoms with Crippen molar-refractivity contribution in [3.8, 4) is 0 Å². The number of imidazole rings is 1. The quantitative estimate of drug-likeness (QED) is 0.279. The van der Waals surface area contributed by atoms with Crippen molar-refractivity contribution in [1.82, 2.24) is 14.9 Å². The largest absolute Gasteiger partial charge is 0.493 e. The summed E-state index contributed by atoms with van der Waals surface area (Å²) in [6, 6.07) is 1.97. The molecular weight excluding hydrogens is 660 g/mol. The van der Waals surface area contributed by atoms with E-state index in [2.05, 4.69) is 93.6 Å². The monoisotopic (exact) mass is 672 g/mol. The van der Waals surface area contributed by atoms with Gasteiger partial charge in [0.05, 0.1) is 36.8 Å². The number of H-pyrrole nitrogens is 1. The second kappa shape index (κ2) is 7.13. The lowest BCUT2D eigenvalue weighted by molar-refractivity contribution is -0.145. The van der Waals surface area contributed by atoms with Crippen LogP contribution >= 0.6 is 63.7 Å². The van der Waals surface area contributed by atoms with E-state index in [-0.39, 0.29) is 5.91 Å². The third-order valence-electron chi connectivity index (χ3n) is 5.98. The maximum Gasteiger partial charge on any atom is 0.230 e. The molecule has 3 aliphatic rings. The van der Waals surface area contributed by atoms with Crippen LogP contribution in [0.1, 0.15) is 37.2 Å². The Morgan fingerprint density at radius 1 is 1.19 bits per heavy atom. The highest BCUT2D eigenvalue weighted by molar-refractivity contribution is 9.14. The molecule has 1 N–H and O–H groups in total. The lowest BCUT2D eigenvalue weighted by Crippen LogP contribution is -2.61. The van der Waals surface area contributed by atoms with Crippen LogP contribution in [0.2, 0.25) is 0 Å². The highest BCUT2D eigenvalue weighted by Gasteiger charge is 2.59. The van der Waals surface area contributed by atoms with Gasteiger partial charge < -0.3 is 9.72 Å². The molecule has 1 amide bonds. The summed E-state index contributed by atoms with van der Waals surface area (Å²) in [7, 11) is 1.59. The molecule has 0 bridgehead atoms. The Bertz CT molecular complexity index is 1260. The first kappa shape index (κ1) is 21.6. The Kier molecular flexibility index (Phi) is 4.97. The number of hydrogen-bond donors (Lipinski definition) is 1. The molecule has 6 nitrogen and oxygen atoms in total. The summed E-state index contributed by atoms with van der Waals surface area (Å²) in [5.41, 5.74) is 3.03. The Labute approximate surface area is 212 Å². The maximum absolute atomic E-state index is 12.9. The maximum atomic E-state index is 12.9. The second-order valence-electron chi connectivity index (χ2n) is 8.18. The molecule has 1 atom stereocenters. The number of aromatic nitrogens is 2. The Balaban J connectivity index is 1.83. The van der Waals surface area contributed by atoms with E-state index in [0.717, 1.165) is 36.1 Å². The van der Waals surface area contributed by atoms with Crippen molar-refractivity contribution in [2.75, 3.05) is 7.11 Å². The van der Waals surface area contributed by atoms with Crippen LogP contribution in [0.5, 0.6) is 0 Å². The van der Waals surface area contributed by atoms with Gasteiger partial charge in [-0.3, -0.25) is 14.7 Å². The summed E-state index contributed by atoms with van der Waals surface area (Å²) in [4.78, 5) is 27.5. The Morgan fingerprint density at radius 3 is 2.61 bits per heavy atom. The fourth-order valence-corrected chi connectivity index (χ4v) is 6.51. The molecule has 0 aliphatic carbocycles. The molecule has 0 saturated carbocycles. The Morgan fingerprint density at radius 2 is 1.94 bits per heavy atom. The fraction of sp³-hybridized carbons (Fsp3) is 0.286. The minimum atomic E-state index is -0.712. The first-order chi connectivity index (χ1) is 14.6. The number of methoxy groups -OCH3 is 1. The number of nitrogens with one attached hydrogen (secondary N) is 1. The van der Waals surface area contributed by atoms with E-state index in [4.69, 9.17) is 9.73 Å². The first-order valence-electron chi connectivity index (χ1n) is 9.41. The average molecular weight is 676 g/mol. The van der Waals surface area contributed by atoms with Crippen molar-refractivity contribution in [2.45, 2.75) is 31.2 Å². The number of amides is 1. The van der Waals surface area contributed by atoms with Gasteiger partial charge in [0.25, 0.3) is 0 Å². The highest BCUT2D eigenvalue weighted by Crippen LogP contribution is 2.57. The van der Waals surface area contributed by atoms with E-state index in [1.165, 1.54) is 0 Å². The molecule has 0 radical (unpaired) electrons. The number of carbonyl (C=O) groups excluding carboxylic acids is 1. The number of halogens is 4. The van der Waals surface area contributed by atoms with Gasteiger partial charge in [0.2, 0.25) is 5.91 Å². The van der Waals surface area contributed by atoms with E-state index in [1.54, 1.807) is 18.2 Å². The molecule has 10 heteroatoms. The van der Waals surface area contributed by atoms with E-state index >= 15 is 0 Å². The molecule has 0 unspecified atom stereocenters. The smallest absolute Gasteiger partial charge is 0.230 e. The van der Waals surface area contributed by atoms with Gasteiger partial charge in [-0.1, -0.05) is 19.9 Å². The fourth-order valence-electron chi connectivity index (χ4n) is 4.39. The molecule has 160 valence electrons. The standard InChI is InChI=1S/C21H16Br4N4O2/c1-20(2)5-4-12-21(14-10(26-12)6-9(22)15(23)16(14)24)7-13(30)29(21)8-11(31-3)17-18(20)28-19(25)27-17/h4-6,8H,7H2,1-3H3,(H,27,28)/b5-4-,11-8+/t21-/m1/s1. The van der Waals surface area contributed by atoms with Gasteiger partial charge in [0.15, 0.2) is 10.5 Å². The van der Waals surface area contributed by atoms with E-state index in [1.807, 2.05) is 12.1 Å². The number of aromatic amines is 1. The first-order valence-corrected chi connectivity index (χ1v) is 12.6. The summed E-state index contributed by atoms with van der Waals surface area (Å²) in [6.07, 6.45) is 6.19. The molecule has 1 aromatic carbocycles. The zero-order valence-electron chi connectivity index (χ0n) is 16.7. The topological polar surface area (TPSA) is 70.6 Å². The van der Waals surface area contributed by atoms with Gasteiger partial charge in [-0.25, -0.2) is 4.98 Å². The molecule has 2 aromatic rings. The number of allylic oxidation sites excluding steroid dienone is 1. The molecule has 1 spiro atoms. The zero-order chi connectivity index (χ0) is 22.3. The van der Waals surface area contributed by atoms with Crippen molar-refractivity contribution in [1.29, 1.82) is 0 Å². The molecule has 31 heavy (non-hydrogen) atoms. The van der Waals surface area contributed by atoms with E-state index < -0.39 is 11.0 Å². The highest BCUT2D eigenvalue weighted by atomic mass is 79.9. The zero-order valence-corrected chi connectivity index (χ0v) is 23.0.